The molecule has 14 heavy (non-hydrogen) atoms. The Labute approximate surface area is 91.1 Å². The highest BCUT2D eigenvalue weighted by Crippen LogP contribution is 2.14. The third-order valence-corrected chi connectivity index (χ3v) is 4.15. The van der Waals surface area contributed by atoms with Gasteiger partial charge in [-0.25, -0.2) is 0 Å². The maximum absolute atomic E-state index is 11.6. The zero-order valence-corrected chi connectivity index (χ0v) is 10.6. The van der Waals surface area contributed by atoms with Crippen molar-refractivity contribution in [2.24, 2.45) is 11.7 Å². The smallest absolute Gasteiger partial charge is 0.0384 e. The zero-order chi connectivity index (χ0) is 11.0. The maximum Gasteiger partial charge on any atom is 0.0384 e. The van der Waals surface area contributed by atoms with Crippen LogP contribution in [-0.2, 0) is 10.8 Å². The van der Waals surface area contributed by atoms with Crippen LogP contribution in [0.4, 0.5) is 0 Å². The summed E-state index contributed by atoms with van der Waals surface area (Å²) in [7, 11) is -0.709. The topological polar surface area (TPSA) is 43.1 Å². The molecule has 0 spiro atoms. The highest BCUT2D eigenvalue weighted by atomic mass is 32.2. The van der Waals surface area contributed by atoms with E-state index >= 15 is 0 Å². The average Bonchev–Trinajstić information content (AvgIpc) is 2.10. The first-order valence-corrected chi connectivity index (χ1v) is 7.19. The molecule has 0 radical (unpaired) electrons. The highest BCUT2D eigenvalue weighted by Gasteiger charge is 2.11. The Bertz CT molecular complexity index is 159. The zero-order valence-electron chi connectivity index (χ0n) is 9.79. The molecule has 0 bridgehead atoms. The summed E-state index contributed by atoms with van der Waals surface area (Å²) in [4.78, 5) is 0. The molecule has 0 heterocycles. The van der Waals surface area contributed by atoms with E-state index in [0.717, 1.165) is 12.2 Å². The summed E-state index contributed by atoms with van der Waals surface area (Å²) in [5.41, 5.74) is 5.62. The van der Waals surface area contributed by atoms with E-state index in [2.05, 4.69) is 13.8 Å². The van der Waals surface area contributed by atoms with E-state index < -0.39 is 10.8 Å². The molecule has 0 aliphatic rings. The number of nitrogens with two attached hydrogens (primary N) is 1. The third-order valence-electron chi connectivity index (χ3n) is 2.41. The minimum atomic E-state index is -0.709. The first-order valence-electron chi connectivity index (χ1n) is 5.70. The van der Waals surface area contributed by atoms with Crippen molar-refractivity contribution >= 4 is 10.8 Å². The van der Waals surface area contributed by atoms with Crippen LogP contribution < -0.4 is 5.73 Å². The lowest BCUT2D eigenvalue weighted by atomic mass is 10.0. The quantitative estimate of drug-likeness (QED) is 0.680. The molecular weight excluding hydrogens is 194 g/mol. The fourth-order valence-corrected chi connectivity index (χ4v) is 3.17. The van der Waals surface area contributed by atoms with Crippen LogP contribution in [0.25, 0.3) is 0 Å². The summed E-state index contributed by atoms with van der Waals surface area (Å²) in [6.45, 7) is 6.31. The van der Waals surface area contributed by atoms with Gasteiger partial charge in [-0.3, -0.25) is 4.21 Å². The van der Waals surface area contributed by atoms with Crippen LogP contribution in [0.15, 0.2) is 0 Å². The van der Waals surface area contributed by atoms with E-state index in [-0.39, 0.29) is 6.04 Å². The van der Waals surface area contributed by atoms with Crippen LogP contribution in [0, 0.1) is 5.92 Å². The van der Waals surface area contributed by atoms with Crippen molar-refractivity contribution in [2.45, 2.75) is 52.5 Å². The molecule has 86 valence electrons. The summed E-state index contributed by atoms with van der Waals surface area (Å²) in [5, 5.41) is 0. The van der Waals surface area contributed by atoms with Gasteiger partial charge in [0.25, 0.3) is 0 Å². The van der Waals surface area contributed by atoms with Gasteiger partial charge in [0, 0.05) is 28.3 Å². The van der Waals surface area contributed by atoms with Crippen LogP contribution in [0.2, 0.25) is 0 Å². The average molecular weight is 219 g/mol. The minimum absolute atomic E-state index is 0.0690. The van der Waals surface area contributed by atoms with Gasteiger partial charge in [-0.05, 0) is 19.3 Å². The van der Waals surface area contributed by atoms with Crippen molar-refractivity contribution in [3.8, 4) is 0 Å². The van der Waals surface area contributed by atoms with Crippen molar-refractivity contribution in [3.05, 3.63) is 0 Å². The predicted molar refractivity (Wildman–Crippen MR) is 64.8 cm³/mol. The van der Waals surface area contributed by atoms with Crippen LogP contribution in [0.5, 0.6) is 0 Å². The minimum Gasteiger partial charge on any atom is -0.327 e. The molecule has 3 heteroatoms. The molecule has 3 unspecified atom stereocenters. The van der Waals surface area contributed by atoms with Crippen molar-refractivity contribution < 1.29 is 4.21 Å². The van der Waals surface area contributed by atoms with Crippen LogP contribution in [0.1, 0.15) is 46.5 Å². The Morgan fingerprint density at radius 1 is 1.29 bits per heavy atom. The first kappa shape index (κ1) is 14.1. The van der Waals surface area contributed by atoms with E-state index in [9.17, 15) is 4.21 Å². The molecule has 0 aromatic heterocycles. The molecular formula is C11H25NOS. The second-order valence-corrected chi connectivity index (χ2v) is 5.71. The molecule has 0 saturated carbocycles. The van der Waals surface area contributed by atoms with Gasteiger partial charge in [0.1, 0.15) is 0 Å². The van der Waals surface area contributed by atoms with Gasteiger partial charge in [0.2, 0.25) is 0 Å². The fraction of sp³-hybridized carbons (Fsp3) is 1.00. The molecule has 0 aliphatic heterocycles. The number of rotatable bonds is 8. The van der Waals surface area contributed by atoms with Gasteiger partial charge in [0.05, 0.1) is 0 Å². The Morgan fingerprint density at radius 3 is 2.36 bits per heavy atom. The largest absolute Gasteiger partial charge is 0.327 e. The van der Waals surface area contributed by atoms with Crippen LogP contribution in [-0.4, -0.2) is 21.8 Å². The number of hydrogen-bond acceptors (Lipinski definition) is 2. The molecule has 0 fully saturated rings. The lowest BCUT2D eigenvalue weighted by Gasteiger charge is -2.14. The second kappa shape index (κ2) is 8.42. The summed E-state index contributed by atoms with van der Waals surface area (Å²) in [5.74, 6) is 2.13. The molecule has 0 amide bonds. The summed E-state index contributed by atoms with van der Waals surface area (Å²) in [6.07, 6.45) is 4.85. The van der Waals surface area contributed by atoms with E-state index in [4.69, 9.17) is 5.73 Å². The predicted octanol–water partition coefficient (Wildman–Crippen LogP) is 2.30. The summed E-state index contributed by atoms with van der Waals surface area (Å²) in [6, 6.07) is 0.0690. The van der Waals surface area contributed by atoms with Crippen LogP contribution in [0.3, 0.4) is 0 Å². The SMILES string of the molecule is CCCCC(CC)CS(=O)CC(C)N. The standard InChI is InChI=1S/C11H25NOS/c1-4-6-7-11(5-2)9-14(13)8-10(3)12/h10-11H,4-9,12H2,1-3H3. The Kier molecular flexibility index (Phi) is 8.49. The van der Waals surface area contributed by atoms with Gasteiger partial charge >= 0.3 is 0 Å². The summed E-state index contributed by atoms with van der Waals surface area (Å²) >= 11 is 0. The van der Waals surface area contributed by atoms with E-state index in [1.54, 1.807) is 0 Å². The maximum atomic E-state index is 11.6. The van der Waals surface area contributed by atoms with Gasteiger partial charge in [-0.2, -0.15) is 0 Å². The van der Waals surface area contributed by atoms with Gasteiger partial charge in [-0.1, -0.05) is 33.1 Å². The lowest BCUT2D eigenvalue weighted by molar-refractivity contribution is 0.494. The highest BCUT2D eigenvalue weighted by molar-refractivity contribution is 7.85. The summed E-state index contributed by atoms with van der Waals surface area (Å²) < 4.78 is 11.6. The van der Waals surface area contributed by atoms with Crippen molar-refractivity contribution in [1.82, 2.24) is 0 Å². The van der Waals surface area contributed by atoms with Gasteiger partial charge in [0.15, 0.2) is 0 Å². The molecule has 2 nitrogen and oxygen atoms in total. The van der Waals surface area contributed by atoms with E-state index in [0.29, 0.717) is 11.7 Å². The molecule has 3 atom stereocenters. The number of hydrogen-bond donors (Lipinski definition) is 1. The Morgan fingerprint density at radius 2 is 1.93 bits per heavy atom. The van der Waals surface area contributed by atoms with Crippen molar-refractivity contribution in [3.63, 3.8) is 0 Å². The molecule has 2 N–H and O–H groups in total. The fourth-order valence-electron chi connectivity index (χ4n) is 1.52. The molecule has 0 aromatic rings. The van der Waals surface area contributed by atoms with Gasteiger partial charge < -0.3 is 5.73 Å². The normalized spacial score (nSPS) is 17.7. The number of unbranched alkanes of at least 4 members (excludes halogenated alkanes) is 1. The third kappa shape index (κ3) is 7.51. The van der Waals surface area contributed by atoms with Crippen molar-refractivity contribution in [2.75, 3.05) is 11.5 Å². The first-order chi connectivity index (χ1) is 6.60. The molecule has 0 saturated heterocycles. The monoisotopic (exact) mass is 219 g/mol. The Balaban J connectivity index is 3.74. The second-order valence-electron chi connectivity index (χ2n) is 4.17. The molecule has 0 aliphatic carbocycles. The van der Waals surface area contributed by atoms with Crippen LogP contribution >= 0.6 is 0 Å². The van der Waals surface area contributed by atoms with E-state index in [1.807, 2.05) is 6.92 Å². The molecule has 0 rings (SSSR count). The van der Waals surface area contributed by atoms with Gasteiger partial charge in [-0.15, -0.1) is 0 Å². The lowest BCUT2D eigenvalue weighted by Crippen LogP contribution is -2.26. The molecule has 0 aromatic carbocycles. The van der Waals surface area contributed by atoms with Crippen molar-refractivity contribution in [1.29, 1.82) is 0 Å². The van der Waals surface area contributed by atoms with E-state index in [1.165, 1.54) is 19.3 Å². The Hall–Kier alpha value is 0.110.